The molecule has 2 rings (SSSR count). The summed E-state index contributed by atoms with van der Waals surface area (Å²) in [5.74, 6) is -0.598. The Hall–Kier alpha value is -1.75. The molecule has 0 aromatic heterocycles. The van der Waals surface area contributed by atoms with Crippen molar-refractivity contribution in [2.75, 3.05) is 13.2 Å². The van der Waals surface area contributed by atoms with Crippen molar-refractivity contribution >= 4 is 5.91 Å². The predicted octanol–water partition coefficient (Wildman–Crippen LogP) is 1.40. The summed E-state index contributed by atoms with van der Waals surface area (Å²) in [5.41, 5.74) is 0.0748. The molecule has 1 atom stereocenters. The lowest BCUT2D eigenvalue weighted by Gasteiger charge is -2.22. The minimum absolute atomic E-state index is 0.0437. The van der Waals surface area contributed by atoms with E-state index in [0.717, 1.165) is 25.9 Å². The third-order valence-corrected chi connectivity index (χ3v) is 2.99. The van der Waals surface area contributed by atoms with Crippen LogP contribution in [0.2, 0.25) is 0 Å². The molecule has 1 unspecified atom stereocenters. The molecule has 0 saturated carbocycles. The predicted molar refractivity (Wildman–Crippen MR) is 65.7 cm³/mol. The molecule has 1 aliphatic rings. The number of aromatic hydroxyl groups is 2. The molecule has 1 aliphatic heterocycles. The van der Waals surface area contributed by atoms with Crippen molar-refractivity contribution in [1.29, 1.82) is 0 Å². The summed E-state index contributed by atoms with van der Waals surface area (Å²) in [5, 5.41) is 21.5. The molecular formula is C13H17NO4. The fraction of sp³-hybridized carbons (Fsp3) is 0.462. The standard InChI is InChI=1S/C13H17NO4/c15-9-4-5-12(16)11(7-9)13(17)14-8-10-3-1-2-6-18-10/h4-5,7,10,15-16H,1-3,6,8H2,(H,14,17). The molecule has 1 aromatic carbocycles. The number of ether oxygens (including phenoxy) is 1. The molecule has 1 aromatic rings. The van der Waals surface area contributed by atoms with Crippen LogP contribution in [-0.4, -0.2) is 35.4 Å². The Morgan fingerprint density at radius 1 is 1.39 bits per heavy atom. The van der Waals surface area contributed by atoms with Crippen LogP contribution in [0.4, 0.5) is 0 Å². The van der Waals surface area contributed by atoms with Crippen LogP contribution in [0, 0.1) is 0 Å². The lowest BCUT2D eigenvalue weighted by Crippen LogP contribution is -2.35. The molecule has 1 amide bonds. The molecule has 0 aliphatic carbocycles. The summed E-state index contributed by atoms with van der Waals surface area (Å²) < 4.78 is 5.49. The number of hydrogen-bond acceptors (Lipinski definition) is 4. The minimum atomic E-state index is -0.405. The molecule has 5 heteroatoms. The van der Waals surface area contributed by atoms with Crippen molar-refractivity contribution in [3.05, 3.63) is 23.8 Å². The zero-order valence-electron chi connectivity index (χ0n) is 10.1. The lowest BCUT2D eigenvalue weighted by atomic mass is 10.1. The first-order valence-electron chi connectivity index (χ1n) is 6.08. The maximum Gasteiger partial charge on any atom is 0.255 e. The third-order valence-electron chi connectivity index (χ3n) is 2.99. The monoisotopic (exact) mass is 251 g/mol. The van der Waals surface area contributed by atoms with E-state index in [9.17, 15) is 15.0 Å². The van der Waals surface area contributed by atoms with Crippen LogP contribution in [0.15, 0.2) is 18.2 Å². The van der Waals surface area contributed by atoms with E-state index in [1.165, 1.54) is 18.2 Å². The zero-order valence-corrected chi connectivity index (χ0v) is 10.1. The van der Waals surface area contributed by atoms with Gasteiger partial charge in [0.15, 0.2) is 0 Å². The van der Waals surface area contributed by atoms with Crippen LogP contribution in [-0.2, 0) is 4.74 Å². The van der Waals surface area contributed by atoms with E-state index >= 15 is 0 Å². The molecule has 0 bridgehead atoms. The normalized spacial score (nSPS) is 19.4. The lowest BCUT2D eigenvalue weighted by molar-refractivity contribution is 0.0169. The number of nitrogens with one attached hydrogen (secondary N) is 1. The van der Waals surface area contributed by atoms with Gasteiger partial charge < -0.3 is 20.3 Å². The second-order valence-corrected chi connectivity index (χ2v) is 4.40. The Labute approximate surface area is 105 Å². The first-order valence-corrected chi connectivity index (χ1v) is 6.08. The summed E-state index contributed by atoms with van der Waals surface area (Å²) in [4.78, 5) is 11.8. The number of benzene rings is 1. The molecule has 18 heavy (non-hydrogen) atoms. The maximum absolute atomic E-state index is 11.8. The highest BCUT2D eigenvalue weighted by atomic mass is 16.5. The molecule has 0 radical (unpaired) electrons. The number of phenolic OH excluding ortho intramolecular Hbond substituents is 2. The fourth-order valence-corrected chi connectivity index (χ4v) is 1.98. The number of amides is 1. The van der Waals surface area contributed by atoms with Crippen LogP contribution in [0.1, 0.15) is 29.6 Å². The summed E-state index contributed by atoms with van der Waals surface area (Å²) in [7, 11) is 0. The number of rotatable bonds is 3. The molecule has 1 fully saturated rings. The number of carbonyl (C=O) groups is 1. The largest absolute Gasteiger partial charge is 0.508 e. The van der Waals surface area contributed by atoms with E-state index in [-0.39, 0.29) is 23.2 Å². The fourth-order valence-electron chi connectivity index (χ4n) is 1.98. The number of phenols is 2. The molecule has 5 nitrogen and oxygen atoms in total. The maximum atomic E-state index is 11.8. The Morgan fingerprint density at radius 2 is 2.22 bits per heavy atom. The summed E-state index contributed by atoms with van der Waals surface area (Å²) in [6.07, 6.45) is 3.16. The van der Waals surface area contributed by atoms with Crippen LogP contribution < -0.4 is 5.32 Å². The van der Waals surface area contributed by atoms with Crippen LogP contribution in [0.5, 0.6) is 11.5 Å². The summed E-state index contributed by atoms with van der Waals surface area (Å²) in [6, 6.07) is 3.87. The van der Waals surface area contributed by atoms with Gasteiger partial charge in [-0.15, -0.1) is 0 Å². The molecular weight excluding hydrogens is 234 g/mol. The average Bonchev–Trinajstić information content (AvgIpc) is 2.40. The average molecular weight is 251 g/mol. The Morgan fingerprint density at radius 3 is 2.94 bits per heavy atom. The van der Waals surface area contributed by atoms with Gasteiger partial charge in [-0.3, -0.25) is 4.79 Å². The van der Waals surface area contributed by atoms with Gasteiger partial charge in [-0.05, 0) is 37.5 Å². The van der Waals surface area contributed by atoms with Crippen molar-refractivity contribution in [1.82, 2.24) is 5.32 Å². The second-order valence-electron chi connectivity index (χ2n) is 4.40. The minimum Gasteiger partial charge on any atom is -0.508 e. The van der Waals surface area contributed by atoms with Gasteiger partial charge in [0.25, 0.3) is 5.91 Å². The van der Waals surface area contributed by atoms with Crippen LogP contribution >= 0.6 is 0 Å². The van der Waals surface area contributed by atoms with E-state index in [2.05, 4.69) is 5.32 Å². The van der Waals surface area contributed by atoms with Crippen molar-refractivity contribution < 1.29 is 19.7 Å². The van der Waals surface area contributed by atoms with Gasteiger partial charge >= 0.3 is 0 Å². The zero-order chi connectivity index (χ0) is 13.0. The van der Waals surface area contributed by atoms with E-state index in [0.29, 0.717) is 6.54 Å². The van der Waals surface area contributed by atoms with Crippen LogP contribution in [0.3, 0.4) is 0 Å². The second kappa shape index (κ2) is 5.73. The van der Waals surface area contributed by atoms with Gasteiger partial charge in [0.2, 0.25) is 0 Å². The molecule has 3 N–H and O–H groups in total. The van der Waals surface area contributed by atoms with Gasteiger partial charge in [-0.1, -0.05) is 0 Å². The quantitative estimate of drug-likeness (QED) is 0.709. The van der Waals surface area contributed by atoms with Gasteiger partial charge in [-0.25, -0.2) is 0 Å². The third kappa shape index (κ3) is 3.13. The van der Waals surface area contributed by atoms with Crippen LogP contribution in [0.25, 0.3) is 0 Å². The van der Waals surface area contributed by atoms with Crippen molar-refractivity contribution in [2.24, 2.45) is 0 Å². The SMILES string of the molecule is O=C(NCC1CCCCO1)c1cc(O)ccc1O. The first-order chi connectivity index (χ1) is 8.66. The highest BCUT2D eigenvalue weighted by molar-refractivity contribution is 5.97. The van der Waals surface area contributed by atoms with Crippen molar-refractivity contribution in [3.8, 4) is 11.5 Å². The topological polar surface area (TPSA) is 78.8 Å². The van der Waals surface area contributed by atoms with Crippen molar-refractivity contribution in [2.45, 2.75) is 25.4 Å². The first kappa shape index (κ1) is 12.7. The molecule has 1 heterocycles. The van der Waals surface area contributed by atoms with Gasteiger partial charge in [-0.2, -0.15) is 0 Å². The molecule has 1 saturated heterocycles. The Balaban J connectivity index is 1.92. The van der Waals surface area contributed by atoms with Gasteiger partial charge in [0, 0.05) is 13.2 Å². The molecule has 0 spiro atoms. The highest BCUT2D eigenvalue weighted by Gasteiger charge is 2.17. The molecule has 98 valence electrons. The highest BCUT2D eigenvalue weighted by Crippen LogP contribution is 2.22. The van der Waals surface area contributed by atoms with E-state index in [1.54, 1.807) is 0 Å². The Bertz CT molecular complexity index is 427. The number of carbonyl (C=O) groups excluding carboxylic acids is 1. The summed E-state index contributed by atoms with van der Waals surface area (Å²) >= 11 is 0. The Kier molecular flexibility index (Phi) is 4.04. The number of hydrogen-bond donors (Lipinski definition) is 3. The van der Waals surface area contributed by atoms with Gasteiger partial charge in [0.1, 0.15) is 11.5 Å². The van der Waals surface area contributed by atoms with Gasteiger partial charge in [0.05, 0.1) is 11.7 Å². The van der Waals surface area contributed by atoms with E-state index in [1.807, 2.05) is 0 Å². The van der Waals surface area contributed by atoms with E-state index in [4.69, 9.17) is 4.74 Å². The van der Waals surface area contributed by atoms with E-state index < -0.39 is 5.91 Å². The van der Waals surface area contributed by atoms with Crippen molar-refractivity contribution in [3.63, 3.8) is 0 Å². The summed E-state index contributed by atoms with van der Waals surface area (Å²) in [6.45, 7) is 1.16. The smallest absolute Gasteiger partial charge is 0.255 e.